The van der Waals surface area contributed by atoms with Crippen LogP contribution in [0, 0.1) is 24.7 Å². The van der Waals surface area contributed by atoms with Crippen LogP contribution in [0.15, 0.2) is 0 Å². The monoisotopic (exact) mass is 198 g/mol. The minimum Gasteiger partial charge on any atom is -0.354 e. The summed E-state index contributed by atoms with van der Waals surface area (Å²) in [6, 6.07) is 0. The smallest absolute Gasteiger partial charge is 0.152 e. The van der Waals surface area contributed by atoms with Crippen LogP contribution in [0.2, 0.25) is 0 Å². The van der Waals surface area contributed by atoms with Crippen LogP contribution in [0.25, 0.3) is 0 Å². The van der Waals surface area contributed by atoms with Gasteiger partial charge < -0.3 is 18.9 Å². The molecule has 0 atom stereocenters. The van der Waals surface area contributed by atoms with Crippen molar-refractivity contribution in [1.29, 1.82) is 0 Å². The Morgan fingerprint density at radius 3 is 2.07 bits per heavy atom. The first-order chi connectivity index (χ1) is 6.91. The van der Waals surface area contributed by atoms with E-state index >= 15 is 0 Å². The Kier molecular flexibility index (Phi) is 11.1. The van der Waals surface area contributed by atoms with E-state index in [1.807, 2.05) is 0 Å². The molecule has 0 aromatic heterocycles. The van der Waals surface area contributed by atoms with Gasteiger partial charge in [0.15, 0.2) is 13.6 Å². The van der Waals surface area contributed by atoms with Crippen molar-refractivity contribution in [2.45, 2.75) is 6.42 Å². The first-order valence-electron chi connectivity index (χ1n) is 4.09. The number of hydrogen-bond acceptors (Lipinski definition) is 4. The van der Waals surface area contributed by atoms with E-state index in [0.717, 1.165) is 0 Å². The molecule has 0 saturated heterocycles. The second-order valence-electron chi connectivity index (χ2n) is 2.18. The zero-order chi connectivity index (χ0) is 10.5. The summed E-state index contributed by atoms with van der Waals surface area (Å²) in [5.41, 5.74) is 0. The van der Waals surface area contributed by atoms with Gasteiger partial charge in [-0.3, -0.25) is 0 Å². The molecule has 0 bridgehead atoms. The van der Waals surface area contributed by atoms with Gasteiger partial charge in [-0.2, -0.15) is 0 Å². The van der Waals surface area contributed by atoms with Crippen LogP contribution in [0.3, 0.4) is 0 Å². The van der Waals surface area contributed by atoms with Crippen LogP contribution in [0.5, 0.6) is 0 Å². The van der Waals surface area contributed by atoms with E-state index in [0.29, 0.717) is 13.0 Å². The molecule has 0 rings (SSSR count). The Morgan fingerprint density at radius 2 is 1.43 bits per heavy atom. The lowest BCUT2D eigenvalue weighted by atomic mass is 10.5. The lowest BCUT2D eigenvalue weighted by molar-refractivity contribution is -0.166. The molecule has 0 aliphatic heterocycles. The fourth-order valence-corrected chi connectivity index (χ4v) is 0.535. The van der Waals surface area contributed by atoms with E-state index in [-0.39, 0.29) is 27.0 Å². The standard InChI is InChI=1S/C10H14O4/c1-3-5-7-12-9-14-10-13-8-11-6-4-2/h1-2H,5-10H2. The Labute approximate surface area is 84.5 Å². The molecule has 4 heteroatoms. The van der Waals surface area contributed by atoms with E-state index in [1.165, 1.54) is 0 Å². The number of hydrogen-bond donors (Lipinski definition) is 0. The lowest BCUT2D eigenvalue weighted by Crippen LogP contribution is -2.07. The van der Waals surface area contributed by atoms with Gasteiger partial charge in [-0.05, 0) is 0 Å². The Morgan fingerprint density at radius 1 is 0.786 bits per heavy atom. The fourth-order valence-electron chi connectivity index (χ4n) is 0.535. The minimum atomic E-state index is 0.112. The van der Waals surface area contributed by atoms with Crippen LogP contribution in [-0.4, -0.2) is 33.6 Å². The second kappa shape index (κ2) is 12.0. The highest BCUT2D eigenvalue weighted by molar-refractivity contribution is 4.82. The van der Waals surface area contributed by atoms with Gasteiger partial charge in [-0.25, -0.2) is 0 Å². The van der Waals surface area contributed by atoms with Crippen LogP contribution in [0.4, 0.5) is 0 Å². The van der Waals surface area contributed by atoms with E-state index in [1.54, 1.807) is 0 Å². The largest absolute Gasteiger partial charge is 0.354 e. The topological polar surface area (TPSA) is 36.9 Å². The van der Waals surface area contributed by atoms with Crippen molar-refractivity contribution >= 4 is 0 Å². The zero-order valence-corrected chi connectivity index (χ0v) is 8.03. The Bertz CT molecular complexity index is 167. The summed E-state index contributed by atoms with van der Waals surface area (Å²) < 4.78 is 19.6. The van der Waals surface area contributed by atoms with Gasteiger partial charge in [0.25, 0.3) is 0 Å². The normalized spacial score (nSPS) is 9.29. The maximum absolute atomic E-state index is 5.01. The van der Waals surface area contributed by atoms with Gasteiger partial charge in [-0.15, -0.1) is 18.8 Å². The SMILES string of the molecule is C#CCCOCOCOCOCC#C. The van der Waals surface area contributed by atoms with Gasteiger partial charge in [0.2, 0.25) is 0 Å². The molecular formula is C10H14O4. The van der Waals surface area contributed by atoms with Gasteiger partial charge >= 0.3 is 0 Å². The number of rotatable bonds is 9. The lowest BCUT2D eigenvalue weighted by Gasteiger charge is -2.05. The van der Waals surface area contributed by atoms with Gasteiger partial charge in [-0.1, -0.05) is 5.92 Å². The van der Waals surface area contributed by atoms with E-state index in [4.69, 9.17) is 31.8 Å². The highest BCUT2D eigenvalue weighted by atomic mass is 16.8. The summed E-state index contributed by atoms with van der Waals surface area (Å²) in [4.78, 5) is 0. The highest BCUT2D eigenvalue weighted by Gasteiger charge is 1.88. The fraction of sp³-hybridized carbons (Fsp3) is 0.600. The van der Waals surface area contributed by atoms with Gasteiger partial charge in [0, 0.05) is 6.42 Å². The van der Waals surface area contributed by atoms with Crippen LogP contribution in [0.1, 0.15) is 6.42 Å². The summed E-state index contributed by atoms with van der Waals surface area (Å²) >= 11 is 0. The van der Waals surface area contributed by atoms with Crippen LogP contribution < -0.4 is 0 Å². The minimum absolute atomic E-state index is 0.112. The third-order valence-corrected chi connectivity index (χ3v) is 1.08. The van der Waals surface area contributed by atoms with Gasteiger partial charge in [0.05, 0.1) is 6.61 Å². The van der Waals surface area contributed by atoms with Crippen molar-refractivity contribution in [2.75, 3.05) is 33.6 Å². The second-order valence-corrected chi connectivity index (χ2v) is 2.18. The summed E-state index contributed by atoms with van der Waals surface area (Å²) in [5, 5.41) is 0. The molecule has 14 heavy (non-hydrogen) atoms. The Hall–Kier alpha value is -1.04. The third kappa shape index (κ3) is 11.0. The van der Waals surface area contributed by atoms with E-state index in [9.17, 15) is 0 Å². The molecule has 4 nitrogen and oxygen atoms in total. The number of ether oxygens (including phenoxy) is 4. The average molecular weight is 198 g/mol. The molecule has 0 saturated carbocycles. The van der Waals surface area contributed by atoms with Crippen LogP contribution >= 0.6 is 0 Å². The molecule has 0 radical (unpaired) electrons. The molecule has 0 spiro atoms. The first kappa shape index (κ1) is 13.0. The quantitative estimate of drug-likeness (QED) is 0.308. The molecule has 0 unspecified atom stereocenters. The van der Waals surface area contributed by atoms with Gasteiger partial charge in [0.1, 0.15) is 13.4 Å². The molecule has 0 aromatic carbocycles. The third-order valence-electron chi connectivity index (χ3n) is 1.08. The average Bonchev–Trinajstić information content (AvgIpc) is 2.21. The molecule has 0 heterocycles. The molecule has 0 aromatic rings. The summed E-state index contributed by atoms with van der Waals surface area (Å²) in [6.45, 7) is 1.12. The Balaban J connectivity index is 2.86. The van der Waals surface area contributed by atoms with Crippen molar-refractivity contribution in [1.82, 2.24) is 0 Å². The van der Waals surface area contributed by atoms with Crippen molar-refractivity contribution < 1.29 is 18.9 Å². The first-order valence-corrected chi connectivity index (χ1v) is 4.09. The summed E-state index contributed by atoms with van der Waals surface area (Å²) in [6.07, 6.45) is 10.5. The van der Waals surface area contributed by atoms with Crippen LogP contribution in [-0.2, 0) is 18.9 Å². The summed E-state index contributed by atoms with van der Waals surface area (Å²) in [7, 11) is 0. The number of terminal acetylenes is 2. The van der Waals surface area contributed by atoms with Crippen molar-refractivity contribution in [3.63, 3.8) is 0 Å². The predicted molar refractivity (Wildman–Crippen MR) is 51.0 cm³/mol. The highest BCUT2D eigenvalue weighted by Crippen LogP contribution is 1.84. The molecule has 78 valence electrons. The van der Waals surface area contributed by atoms with Crippen molar-refractivity contribution in [3.8, 4) is 24.7 Å². The van der Waals surface area contributed by atoms with E-state index < -0.39 is 0 Å². The molecular weight excluding hydrogens is 184 g/mol. The van der Waals surface area contributed by atoms with Crippen molar-refractivity contribution in [2.24, 2.45) is 0 Å². The summed E-state index contributed by atoms with van der Waals surface area (Å²) in [5.74, 6) is 4.75. The van der Waals surface area contributed by atoms with Crippen molar-refractivity contribution in [3.05, 3.63) is 0 Å². The molecule has 0 aliphatic carbocycles. The zero-order valence-electron chi connectivity index (χ0n) is 8.03. The predicted octanol–water partition coefficient (Wildman–Crippen LogP) is 0.582. The molecule has 0 fully saturated rings. The van der Waals surface area contributed by atoms with E-state index in [2.05, 4.69) is 11.8 Å². The molecule has 0 amide bonds. The molecule has 0 aliphatic rings. The maximum Gasteiger partial charge on any atom is 0.152 e. The maximum atomic E-state index is 5.01. The molecule has 0 N–H and O–H groups in total.